The molecule has 1 atom stereocenters. The lowest BCUT2D eigenvalue weighted by Crippen LogP contribution is -2.45. The average Bonchev–Trinajstić information content (AvgIpc) is 3.45. The van der Waals surface area contributed by atoms with Crippen molar-refractivity contribution in [2.75, 3.05) is 13.1 Å². The lowest BCUT2D eigenvalue weighted by molar-refractivity contribution is -0.126. The smallest absolute Gasteiger partial charge is 0.276 e. The summed E-state index contributed by atoms with van der Waals surface area (Å²) in [5.41, 5.74) is 1.15. The number of halogens is 2. The maximum Gasteiger partial charge on any atom is 0.276 e. The number of nitrogens with zero attached hydrogens (tertiary/aromatic N) is 2. The van der Waals surface area contributed by atoms with Crippen molar-refractivity contribution in [1.82, 2.24) is 19.8 Å². The second kappa shape index (κ2) is 8.81. The van der Waals surface area contributed by atoms with E-state index in [4.69, 9.17) is 16.0 Å². The van der Waals surface area contributed by atoms with Gasteiger partial charge >= 0.3 is 0 Å². The summed E-state index contributed by atoms with van der Waals surface area (Å²) in [5, 5.41) is 9.34. The molecule has 2 aromatic heterocycles. The first-order valence-corrected chi connectivity index (χ1v) is 11.5. The topological polar surface area (TPSA) is 108 Å². The molecule has 0 saturated carbocycles. The van der Waals surface area contributed by atoms with E-state index in [2.05, 4.69) is 15.5 Å². The summed E-state index contributed by atoms with van der Waals surface area (Å²) in [6.07, 6.45) is 2.65. The van der Waals surface area contributed by atoms with Gasteiger partial charge in [-0.3, -0.25) is 9.89 Å². The van der Waals surface area contributed by atoms with Gasteiger partial charge in [-0.2, -0.15) is 9.40 Å². The number of aromatic nitrogens is 2. The summed E-state index contributed by atoms with van der Waals surface area (Å²) in [4.78, 5) is 12.6. The van der Waals surface area contributed by atoms with Gasteiger partial charge in [0.05, 0.1) is 5.92 Å². The molecule has 8 nitrogen and oxygen atoms in total. The Morgan fingerprint density at radius 3 is 2.90 bits per heavy atom. The van der Waals surface area contributed by atoms with E-state index in [-0.39, 0.29) is 29.1 Å². The van der Waals surface area contributed by atoms with Gasteiger partial charge in [0.25, 0.3) is 10.0 Å². The van der Waals surface area contributed by atoms with Crippen LogP contribution in [-0.2, 0) is 21.4 Å². The third-order valence-corrected chi connectivity index (χ3v) is 7.26. The fourth-order valence-electron chi connectivity index (χ4n) is 3.49. The summed E-state index contributed by atoms with van der Waals surface area (Å²) in [5.74, 6) is -0.886. The third-order valence-electron chi connectivity index (χ3n) is 5.16. The van der Waals surface area contributed by atoms with Crippen LogP contribution in [0.15, 0.2) is 52.1 Å². The molecule has 1 aliphatic rings. The molecular formula is C20H20ClFN4O4S. The summed E-state index contributed by atoms with van der Waals surface area (Å²) < 4.78 is 46.0. The van der Waals surface area contributed by atoms with Crippen molar-refractivity contribution in [3.8, 4) is 11.5 Å². The third kappa shape index (κ3) is 4.65. The van der Waals surface area contributed by atoms with Crippen LogP contribution in [0.2, 0.25) is 5.02 Å². The quantitative estimate of drug-likeness (QED) is 0.580. The Hall–Kier alpha value is -2.69. The molecule has 11 heteroatoms. The number of amides is 1. The molecule has 0 unspecified atom stereocenters. The van der Waals surface area contributed by atoms with Gasteiger partial charge in [-0.25, -0.2) is 12.8 Å². The lowest BCUT2D eigenvalue weighted by Gasteiger charge is -2.30. The predicted molar refractivity (Wildman–Crippen MR) is 111 cm³/mol. The second-order valence-corrected chi connectivity index (χ2v) is 9.52. The van der Waals surface area contributed by atoms with Crippen LogP contribution in [0.4, 0.5) is 4.39 Å². The molecule has 164 valence electrons. The number of sulfonamides is 1. The van der Waals surface area contributed by atoms with E-state index in [0.717, 1.165) is 0 Å². The Balaban J connectivity index is 1.42. The molecule has 0 aliphatic carbocycles. The van der Waals surface area contributed by atoms with Crippen molar-refractivity contribution < 1.29 is 22.0 Å². The minimum absolute atomic E-state index is 0.0470. The van der Waals surface area contributed by atoms with Crippen molar-refractivity contribution in [2.45, 2.75) is 24.5 Å². The number of aromatic amines is 1. The summed E-state index contributed by atoms with van der Waals surface area (Å²) in [6, 6.07) is 8.57. The molecule has 1 fully saturated rings. The normalized spacial score (nSPS) is 17.5. The number of nitrogens with one attached hydrogen (secondary N) is 2. The van der Waals surface area contributed by atoms with Gasteiger partial charge in [0.2, 0.25) is 11.0 Å². The number of carbonyl (C=O) groups is 1. The lowest BCUT2D eigenvalue weighted by atomic mass is 9.99. The zero-order valence-electron chi connectivity index (χ0n) is 16.3. The zero-order chi connectivity index (χ0) is 22.0. The molecule has 0 radical (unpaired) electrons. The van der Waals surface area contributed by atoms with E-state index in [1.54, 1.807) is 18.3 Å². The van der Waals surface area contributed by atoms with Crippen molar-refractivity contribution >= 4 is 27.5 Å². The number of rotatable bonds is 6. The Kier molecular flexibility index (Phi) is 6.12. The Morgan fingerprint density at radius 2 is 2.16 bits per heavy atom. The number of benzene rings is 1. The monoisotopic (exact) mass is 466 g/mol. The van der Waals surface area contributed by atoms with Crippen molar-refractivity contribution in [3.63, 3.8) is 0 Å². The SMILES string of the molecule is O=C(NCc1ccc(F)cc1Cl)[C@H]1CCCN(S(=O)(=O)c2ccc(-c3ccn[nH]3)o2)C1. The zero-order valence-corrected chi connectivity index (χ0v) is 17.9. The number of carbonyl (C=O) groups excluding carboxylic acids is 1. The highest BCUT2D eigenvalue weighted by Gasteiger charge is 2.35. The molecule has 2 N–H and O–H groups in total. The highest BCUT2D eigenvalue weighted by molar-refractivity contribution is 7.89. The second-order valence-electron chi connectivity index (χ2n) is 7.24. The van der Waals surface area contributed by atoms with E-state index in [1.165, 1.54) is 28.6 Å². The van der Waals surface area contributed by atoms with Gasteiger partial charge in [0.15, 0.2) is 5.76 Å². The first kappa shape index (κ1) is 21.5. The van der Waals surface area contributed by atoms with Crippen LogP contribution in [0.5, 0.6) is 0 Å². The van der Waals surface area contributed by atoms with Gasteiger partial charge in [0.1, 0.15) is 11.5 Å². The number of hydrogen-bond acceptors (Lipinski definition) is 5. The molecule has 3 heterocycles. The van der Waals surface area contributed by atoms with Gasteiger partial charge < -0.3 is 9.73 Å². The summed E-state index contributed by atoms with van der Waals surface area (Å²) in [7, 11) is -3.89. The molecule has 0 spiro atoms. The molecule has 1 saturated heterocycles. The molecular weight excluding hydrogens is 447 g/mol. The fourth-order valence-corrected chi connectivity index (χ4v) is 5.16. The molecule has 4 rings (SSSR count). The van der Waals surface area contributed by atoms with Crippen LogP contribution < -0.4 is 5.32 Å². The van der Waals surface area contributed by atoms with E-state index < -0.39 is 21.8 Å². The average molecular weight is 467 g/mol. The van der Waals surface area contributed by atoms with E-state index >= 15 is 0 Å². The van der Waals surface area contributed by atoms with Crippen molar-refractivity contribution in [3.05, 3.63) is 59.0 Å². The van der Waals surface area contributed by atoms with Gasteiger partial charge in [-0.05, 0) is 48.7 Å². The first-order valence-electron chi connectivity index (χ1n) is 9.66. The minimum Gasteiger partial charge on any atom is -0.442 e. The molecule has 1 amide bonds. The predicted octanol–water partition coefficient (Wildman–Crippen LogP) is 3.18. The maximum absolute atomic E-state index is 13.2. The van der Waals surface area contributed by atoms with Gasteiger partial charge in [-0.1, -0.05) is 17.7 Å². The standard InChI is InChI=1S/C20H20ClFN4O4S/c21-16-10-15(22)4-3-13(16)11-23-20(27)14-2-1-9-26(12-14)31(28,29)19-6-5-18(30-19)17-7-8-24-25-17/h3-8,10,14H,1-2,9,11-12H2,(H,23,27)(H,24,25)/t14-/m0/s1. The molecule has 31 heavy (non-hydrogen) atoms. The number of piperidine rings is 1. The minimum atomic E-state index is -3.89. The first-order chi connectivity index (χ1) is 14.8. The van der Waals surface area contributed by atoms with Crippen LogP contribution in [0.1, 0.15) is 18.4 Å². The van der Waals surface area contributed by atoms with Crippen LogP contribution in [0.25, 0.3) is 11.5 Å². The van der Waals surface area contributed by atoms with E-state index in [9.17, 15) is 17.6 Å². The van der Waals surface area contributed by atoms with Crippen LogP contribution in [-0.4, -0.2) is 41.9 Å². The molecule has 1 aromatic carbocycles. The fraction of sp³-hybridized carbons (Fsp3) is 0.300. The van der Waals surface area contributed by atoms with Crippen molar-refractivity contribution in [1.29, 1.82) is 0 Å². The molecule has 3 aromatic rings. The maximum atomic E-state index is 13.2. The Labute approximate surface area is 183 Å². The molecule has 1 aliphatic heterocycles. The summed E-state index contributed by atoms with van der Waals surface area (Å²) in [6.45, 7) is 0.480. The number of hydrogen-bond donors (Lipinski definition) is 2. The summed E-state index contributed by atoms with van der Waals surface area (Å²) >= 11 is 5.99. The highest BCUT2D eigenvalue weighted by atomic mass is 35.5. The Morgan fingerprint density at radius 1 is 1.32 bits per heavy atom. The van der Waals surface area contributed by atoms with Crippen LogP contribution in [0.3, 0.4) is 0 Å². The highest BCUT2D eigenvalue weighted by Crippen LogP contribution is 2.28. The van der Waals surface area contributed by atoms with Crippen molar-refractivity contribution in [2.24, 2.45) is 5.92 Å². The molecule has 0 bridgehead atoms. The Bertz CT molecular complexity index is 1180. The van der Waals surface area contributed by atoms with E-state index in [1.807, 2.05) is 0 Å². The number of furan rings is 1. The number of H-pyrrole nitrogens is 1. The van der Waals surface area contributed by atoms with Crippen LogP contribution >= 0.6 is 11.6 Å². The van der Waals surface area contributed by atoms with Crippen LogP contribution in [0, 0.1) is 11.7 Å². The van der Waals surface area contributed by atoms with E-state index in [0.29, 0.717) is 36.4 Å². The van der Waals surface area contributed by atoms with Gasteiger partial charge in [0, 0.05) is 30.9 Å². The van der Waals surface area contributed by atoms with Gasteiger partial charge in [-0.15, -0.1) is 0 Å². The largest absolute Gasteiger partial charge is 0.442 e.